The highest BCUT2D eigenvalue weighted by Crippen LogP contribution is 2.37. The van der Waals surface area contributed by atoms with Gasteiger partial charge in [0.2, 0.25) is 0 Å². The number of carbonyl (C=O) groups is 1. The van der Waals surface area contributed by atoms with Crippen LogP contribution in [-0.2, 0) is 15.8 Å². The van der Waals surface area contributed by atoms with E-state index >= 15 is 0 Å². The lowest BCUT2D eigenvalue weighted by molar-refractivity contribution is -0.127. The molecule has 1 aliphatic rings. The lowest BCUT2D eigenvalue weighted by Crippen LogP contribution is -2.47. The van der Waals surface area contributed by atoms with E-state index in [9.17, 15) is 4.79 Å². The maximum absolute atomic E-state index is 12.3. The maximum Gasteiger partial charge on any atom is 0.192 e. The van der Waals surface area contributed by atoms with Crippen molar-refractivity contribution in [3.63, 3.8) is 0 Å². The zero-order chi connectivity index (χ0) is 17.1. The van der Waals surface area contributed by atoms with Gasteiger partial charge in [0.1, 0.15) is 5.78 Å². The van der Waals surface area contributed by atoms with E-state index in [0.29, 0.717) is 18.8 Å². The minimum atomic E-state index is -1.79. The predicted octanol–water partition coefficient (Wildman–Crippen LogP) is 4.10. The number of likely N-dealkylation sites (tertiary alicyclic amines) is 1. The lowest BCUT2D eigenvalue weighted by atomic mass is 9.97. The first-order valence-electron chi connectivity index (χ1n) is 8.62. The zero-order valence-electron chi connectivity index (χ0n) is 15.3. The molecule has 0 N–H and O–H groups in total. The molecule has 4 heteroatoms. The molecule has 1 aromatic carbocycles. The minimum Gasteiger partial charge on any atom is -0.416 e. The summed E-state index contributed by atoms with van der Waals surface area (Å²) < 4.78 is 6.29. The van der Waals surface area contributed by atoms with Crippen LogP contribution < -0.4 is 0 Å². The summed E-state index contributed by atoms with van der Waals surface area (Å²) in [4.78, 5) is 14.7. The second kappa shape index (κ2) is 7.28. The summed E-state index contributed by atoms with van der Waals surface area (Å²) in [5.41, 5.74) is 1.31. The highest BCUT2D eigenvalue weighted by Gasteiger charge is 2.38. The number of nitrogens with zero attached hydrogens (tertiary/aromatic N) is 1. The molecule has 1 saturated heterocycles. The Bertz CT molecular complexity index is 522. The molecule has 1 heterocycles. The van der Waals surface area contributed by atoms with Crippen molar-refractivity contribution in [1.29, 1.82) is 0 Å². The van der Waals surface area contributed by atoms with Gasteiger partial charge in [0.25, 0.3) is 0 Å². The molecule has 0 spiro atoms. The topological polar surface area (TPSA) is 29.5 Å². The Morgan fingerprint density at radius 3 is 2.48 bits per heavy atom. The van der Waals surface area contributed by atoms with Crippen molar-refractivity contribution >= 4 is 14.1 Å². The molecular formula is C19H31NO2Si. The summed E-state index contributed by atoms with van der Waals surface area (Å²) in [7, 11) is -1.79. The molecule has 1 aliphatic heterocycles. The molecule has 128 valence electrons. The van der Waals surface area contributed by atoms with Crippen molar-refractivity contribution < 1.29 is 9.22 Å². The van der Waals surface area contributed by atoms with Crippen LogP contribution >= 0.6 is 0 Å². The molecule has 0 unspecified atom stereocenters. The summed E-state index contributed by atoms with van der Waals surface area (Å²) in [6.45, 7) is 14.4. The Hall–Kier alpha value is -0.973. The number of piperidine rings is 1. The molecule has 0 saturated carbocycles. The largest absolute Gasteiger partial charge is 0.416 e. The average molecular weight is 334 g/mol. The van der Waals surface area contributed by atoms with Crippen LogP contribution in [0.3, 0.4) is 0 Å². The second-order valence-corrected chi connectivity index (χ2v) is 13.0. The smallest absolute Gasteiger partial charge is 0.192 e. The van der Waals surface area contributed by atoms with Crippen LogP contribution in [-0.4, -0.2) is 38.7 Å². The van der Waals surface area contributed by atoms with Crippen molar-refractivity contribution in [2.24, 2.45) is 5.92 Å². The summed E-state index contributed by atoms with van der Waals surface area (Å²) >= 11 is 0. The van der Waals surface area contributed by atoms with Gasteiger partial charge in [-0.25, -0.2) is 0 Å². The maximum atomic E-state index is 12.3. The van der Waals surface area contributed by atoms with Crippen molar-refractivity contribution in [3.8, 4) is 0 Å². The van der Waals surface area contributed by atoms with Gasteiger partial charge in [0.15, 0.2) is 8.32 Å². The van der Waals surface area contributed by atoms with Crippen molar-refractivity contribution in [2.75, 3.05) is 19.7 Å². The van der Waals surface area contributed by atoms with Gasteiger partial charge in [-0.15, -0.1) is 0 Å². The molecule has 2 rings (SSSR count). The molecule has 23 heavy (non-hydrogen) atoms. The molecule has 1 fully saturated rings. The minimum absolute atomic E-state index is 0.0292. The first kappa shape index (κ1) is 18.4. The second-order valence-electron chi connectivity index (χ2n) is 8.21. The van der Waals surface area contributed by atoms with E-state index in [1.54, 1.807) is 0 Å². The van der Waals surface area contributed by atoms with Crippen LogP contribution in [0, 0.1) is 5.92 Å². The molecule has 1 atom stereocenters. The van der Waals surface area contributed by atoms with Crippen LogP contribution in [0.25, 0.3) is 0 Å². The highest BCUT2D eigenvalue weighted by molar-refractivity contribution is 6.74. The molecule has 0 radical (unpaired) electrons. The van der Waals surface area contributed by atoms with Gasteiger partial charge in [-0.3, -0.25) is 9.69 Å². The number of Topliss-reactive ketones (excluding diaryl/α,β-unsaturated/α-hetero) is 1. The van der Waals surface area contributed by atoms with Crippen LogP contribution in [0.1, 0.15) is 32.8 Å². The van der Waals surface area contributed by atoms with Gasteiger partial charge in [-0.2, -0.15) is 0 Å². The van der Waals surface area contributed by atoms with Gasteiger partial charge in [0, 0.05) is 32.7 Å². The number of rotatable bonds is 5. The zero-order valence-corrected chi connectivity index (χ0v) is 16.3. The van der Waals surface area contributed by atoms with Crippen molar-refractivity contribution in [2.45, 2.75) is 51.9 Å². The fraction of sp³-hybridized carbons (Fsp3) is 0.632. The number of carbonyl (C=O) groups excluding carboxylic acids is 1. The summed E-state index contributed by atoms with van der Waals surface area (Å²) in [6.07, 6.45) is 0.651. The Balaban J connectivity index is 1.92. The first-order chi connectivity index (χ1) is 10.7. The monoisotopic (exact) mass is 333 g/mol. The summed E-state index contributed by atoms with van der Waals surface area (Å²) in [6, 6.07) is 10.5. The van der Waals surface area contributed by atoms with Crippen molar-refractivity contribution in [1.82, 2.24) is 4.90 Å². The van der Waals surface area contributed by atoms with E-state index in [1.165, 1.54) is 5.56 Å². The third-order valence-corrected chi connectivity index (χ3v) is 9.81. The number of hydrogen-bond acceptors (Lipinski definition) is 3. The third kappa shape index (κ3) is 5.00. The molecule has 0 bridgehead atoms. The van der Waals surface area contributed by atoms with Gasteiger partial charge in [0.05, 0.1) is 5.92 Å². The number of hydrogen-bond donors (Lipinski definition) is 0. The average Bonchev–Trinajstić information content (AvgIpc) is 2.48. The normalized spacial score (nSPS) is 20.7. The van der Waals surface area contributed by atoms with Gasteiger partial charge < -0.3 is 4.43 Å². The van der Waals surface area contributed by atoms with Gasteiger partial charge in [-0.1, -0.05) is 51.1 Å². The Morgan fingerprint density at radius 1 is 1.22 bits per heavy atom. The third-order valence-electron chi connectivity index (χ3n) is 5.31. The van der Waals surface area contributed by atoms with E-state index in [1.807, 2.05) is 6.07 Å². The van der Waals surface area contributed by atoms with Crippen molar-refractivity contribution in [3.05, 3.63) is 35.9 Å². The highest BCUT2D eigenvalue weighted by atomic mass is 28.4. The van der Waals surface area contributed by atoms with Crippen LogP contribution in [0.15, 0.2) is 30.3 Å². The van der Waals surface area contributed by atoms with Crippen LogP contribution in [0.4, 0.5) is 0 Å². The fourth-order valence-corrected chi connectivity index (χ4v) is 3.68. The fourth-order valence-electron chi connectivity index (χ4n) is 2.63. The quantitative estimate of drug-likeness (QED) is 0.760. The number of ketones is 1. The van der Waals surface area contributed by atoms with Gasteiger partial charge >= 0.3 is 0 Å². The van der Waals surface area contributed by atoms with E-state index in [-0.39, 0.29) is 11.0 Å². The van der Waals surface area contributed by atoms with E-state index in [4.69, 9.17) is 4.43 Å². The predicted molar refractivity (Wildman–Crippen MR) is 98.0 cm³/mol. The Morgan fingerprint density at radius 2 is 1.87 bits per heavy atom. The molecule has 3 nitrogen and oxygen atoms in total. The summed E-state index contributed by atoms with van der Waals surface area (Å²) in [5.74, 6) is 0.398. The van der Waals surface area contributed by atoms with Crippen LogP contribution in [0.5, 0.6) is 0 Å². The Labute approximate surface area is 142 Å². The molecular weight excluding hydrogens is 302 g/mol. The molecule has 0 amide bonds. The van der Waals surface area contributed by atoms with E-state index in [2.05, 4.69) is 63.0 Å². The molecule has 0 aromatic heterocycles. The van der Waals surface area contributed by atoms with E-state index < -0.39 is 8.32 Å². The van der Waals surface area contributed by atoms with E-state index in [0.717, 1.165) is 19.6 Å². The van der Waals surface area contributed by atoms with Crippen LogP contribution in [0.2, 0.25) is 18.1 Å². The standard InChI is InChI=1S/C19H31NO2Si/c1-19(2,3)23(4,5)22-15-17-14-20(12-11-18(17)21)13-16-9-7-6-8-10-16/h6-10,17H,11-15H2,1-5H3/t17-/m1/s1. The van der Waals surface area contributed by atoms with Gasteiger partial charge in [-0.05, 0) is 23.7 Å². The first-order valence-corrected chi connectivity index (χ1v) is 11.5. The SMILES string of the molecule is CC(C)(C)[Si](C)(C)OC[C@H]1CN(Cc2ccccc2)CCC1=O. The molecule has 1 aromatic rings. The molecule has 0 aliphatic carbocycles. The lowest BCUT2D eigenvalue weighted by Gasteiger charge is -2.38. The Kier molecular flexibility index (Phi) is 5.82. The number of benzene rings is 1. The summed E-state index contributed by atoms with van der Waals surface area (Å²) in [5, 5.41) is 0.189.